The van der Waals surface area contributed by atoms with Crippen molar-refractivity contribution in [1.29, 1.82) is 0 Å². The number of halogens is 1. The Morgan fingerprint density at radius 3 is 2.86 bits per heavy atom. The molecule has 1 aliphatic heterocycles. The average molecular weight is 403 g/mol. The molecule has 3 heterocycles. The fraction of sp³-hybridized carbons (Fsp3) is 0.250. The van der Waals surface area contributed by atoms with Gasteiger partial charge < -0.3 is 4.98 Å². The molecule has 0 bridgehead atoms. The van der Waals surface area contributed by atoms with E-state index in [1.165, 1.54) is 22.9 Å². The van der Waals surface area contributed by atoms with Crippen LogP contribution in [0.2, 0.25) is 5.02 Å². The fourth-order valence-electron chi connectivity index (χ4n) is 4.48. The SMILES string of the molecule is Clc1ccccc1-c1cncnc1[C@H]1CCCN(Cc2c[nH]c3ccccc23)C1. The summed E-state index contributed by atoms with van der Waals surface area (Å²) < 4.78 is 0. The van der Waals surface area contributed by atoms with Gasteiger partial charge in [0.1, 0.15) is 6.33 Å². The molecule has 0 radical (unpaired) electrons. The first-order chi connectivity index (χ1) is 14.3. The molecule has 5 rings (SSSR count). The van der Waals surface area contributed by atoms with Crippen molar-refractivity contribution < 1.29 is 0 Å². The summed E-state index contributed by atoms with van der Waals surface area (Å²) >= 11 is 6.48. The summed E-state index contributed by atoms with van der Waals surface area (Å²) in [5.41, 5.74) is 5.73. The van der Waals surface area contributed by atoms with Gasteiger partial charge in [0, 0.05) is 58.5 Å². The second-order valence-electron chi connectivity index (χ2n) is 7.74. The summed E-state index contributed by atoms with van der Waals surface area (Å²) in [4.78, 5) is 14.9. The lowest BCUT2D eigenvalue weighted by Gasteiger charge is -2.33. The van der Waals surface area contributed by atoms with Gasteiger partial charge in [-0.3, -0.25) is 4.90 Å². The normalized spacial score (nSPS) is 17.6. The van der Waals surface area contributed by atoms with Crippen LogP contribution in [0.1, 0.15) is 30.0 Å². The second kappa shape index (κ2) is 7.97. The van der Waals surface area contributed by atoms with E-state index in [-0.39, 0.29) is 0 Å². The molecule has 29 heavy (non-hydrogen) atoms. The number of para-hydroxylation sites is 1. The highest BCUT2D eigenvalue weighted by atomic mass is 35.5. The summed E-state index contributed by atoms with van der Waals surface area (Å²) in [5.74, 6) is 0.378. The fourth-order valence-corrected chi connectivity index (χ4v) is 4.71. The predicted molar refractivity (Wildman–Crippen MR) is 118 cm³/mol. The first-order valence-electron chi connectivity index (χ1n) is 10.1. The van der Waals surface area contributed by atoms with Gasteiger partial charge in [-0.05, 0) is 37.1 Å². The third-order valence-electron chi connectivity index (χ3n) is 5.87. The monoisotopic (exact) mass is 402 g/mol. The van der Waals surface area contributed by atoms with Crippen molar-refractivity contribution in [2.75, 3.05) is 13.1 Å². The number of hydrogen-bond acceptors (Lipinski definition) is 3. The summed E-state index contributed by atoms with van der Waals surface area (Å²) in [6.07, 6.45) is 8.02. The Balaban J connectivity index is 1.41. The maximum absolute atomic E-state index is 6.48. The number of nitrogens with one attached hydrogen (secondary N) is 1. The predicted octanol–water partition coefficient (Wildman–Crippen LogP) is 5.66. The smallest absolute Gasteiger partial charge is 0.115 e. The lowest BCUT2D eigenvalue weighted by molar-refractivity contribution is 0.199. The van der Waals surface area contributed by atoms with Crippen molar-refractivity contribution in [2.24, 2.45) is 0 Å². The summed E-state index contributed by atoms with van der Waals surface area (Å²) in [5, 5.41) is 2.06. The first kappa shape index (κ1) is 18.3. The van der Waals surface area contributed by atoms with E-state index in [2.05, 4.69) is 51.4 Å². The van der Waals surface area contributed by atoms with Gasteiger partial charge in [-0.2, -0.15) is 0 Å². The van der Waals surface area contributed by atoms with Gasteiger partial charge in [0.15, 0.2) is 0 Å². The van der Waals surface area contributed by atoms with Crippen LogP contribution in [0.25, 0.3) is 22.0 Å². The van der Waals surface area contributed by atoms with Gasteiger partial charge in [-0.25, -0.2) is 9.97 Å². The number of likely N-dealkylation sites (tertiary alicyclic amines) is 1. The van der Waals surface area contributed by atoms with Crippen LogP contribution in [0, 0.1) is 0 Å². The number of piperidine rings is 1. The van der Waals surface area contributed by atoms with Crippen LogP contribution in [0.5, 0.6) is 0 Å². The highest BCUT2D eigenvalue weighted by Crippen LogP contribution is 2.36. The molecule has 2 aromatic heterocycles. The highest BCUT2D eigenvalue weighted by molar-refractivity contribution is 6.33. The standard InChI is InChI=1S/C24H23ClN4/c25-22-9-3-1-8-20(22)21-13-26-16-28-24(21)17-6-5-11-29(14-17)15-18-12-27-23-10-4-2-7-19(18)23/h1-4,7-10,12-13,16-17,27H,5-6,11,14-15H2/t17-/m0/s1. The number of rotatable bonds is 4. The molecule has 4 aromatic rings. The van der Waals surface area contributed by atoms with Crippen LogP contribution in [0.4, 0.5) is 0 Å². The lowest BCUT2D eigenvalue weighted by Crippen LogP contribution is -2.34. The number of aromatic amines is 1. The van der Waals surface area contributed by atoms with Crippen molar-refractivity contribution in [3.8, 4) is 11.1 Å². The number of nitrogens with zero attached hydrogens (tertiary/aromatic N) is 3. The number of hydrogen-bond donors (Lipinski definition) is 1. The van der Waals surface area contributed by atoms with Crippen molar-refractivity contribution in [3.05, 3.63) is 83.5 Å². The second-order valence-corrected chi connectivity index (χ2v) is 8.14. The molecular formula is C24H23ClN4. The molecular weight excluding hydrogens is 380 g/mol. The Hall–Kier alpha value is -2.69. The van der Waals surface area contributed by atoms with Crippen molar-refractivity contribution >= 4 is 22.5 Å². The maximum atomic E-state index is 6.48. The summed E-state index contributed by atoms with van der Waals surface area (Å²) in [7, 11) is 0. The largest absolute Gasteiger partial charge is 0.361 e. The summed E-state index contributed by atoms with van der Waals surface area (Å²) in [6.45, 7) is 3.06. The molecule has 1 aliphatic rings. The number of fused-ring (bicyclic) bond motifs is 1. The molecule has 146 valence electrons. The number of aromatic nitrogens is 3. The molecule has 1 atom stereocenters. The molecule has 0 aliphatic carbocycles. The molecule has 1 fully saturated rings. The Bertz CT molecular complexity index is 1140. The van der Waals surface area contributed by atoms with E-state index in [4.69, 9.17) is 16.6 Å². The number of benzene rings is 2. The molecule has 4 nitrogen and oxygen atoms in total. The molecule has 0 saturated carbocycles. The van der Waals surface area contributed by atoms with Crippen LogP contribution in [-0.2, 0) is 6.54 Å². The van der Waals surface area contributed by atoms with E-state index < -0.39 is 0 Å². The molecule has 1 N–H and O–H groups in total. The van der Waals surface area contributed by atoms with Gasteiger partial charge in [-0.15, -0.1) is 0 Å². The van der Waals surface area contributed by atoms with E-state index in [9.17, 15) is 0 Å². The Morgan fingerprint density at radius 1 is 1.07 bits per heavy atom. The van der Waals surface area contributed by atoms with Gasteiger partial charge in [0.2, 0.25) is 0 Å². The van der Waals surface area contributed by atoms with Crippen molar-refractivity contribution in [1.82, 2.24) is 19.9 Å². The van der Waals surface area contributed by atoms with E-state index in [0.717, 1.165) is 47.9 Å². The zero-order valence-corrected chi connectivity index (χ0v) is 16.9. The lowest BCUT2D eigenvalue weighted by atomic mass is 9.89. The van der Waals surface area contributed by atoms with E-state index in [1.807, 2.05) is 24.4 Å². The molecule has 0 amide bonds. The van der Waals surface area contributed by atoms with Gasteiger partial charge >= 0.3 is 0 Å². The number of H-pyrrole nitrogens is 1. The van der Waals surface area contributed by atoms with Crippen LogP contribution in [0.15, 0.2) is 67.3 Å². The minimum Gasteiger partial charge on any atom is -0.361 e. The van der Waals surface area contributed by atoms with Crippen LogP contribution in [0.3, 0.4) is 0 Å². The quantitative estimate of drug-likeness (QED) is 0.479. The van der Waals surface area contributed by atoms with Gasteiger partial charge in [-0.1, -0.05) is 48.0 Å². The Kier molecular flexibility index (Phi) is 5.04. The molecule has 5 heteroatoms. The van der Waals surface area contributed by atoms with E-state index >= 15 is 0 Å². The third kappa shape index (κ3) is 3.66. The van der Waals surface area contributed by atoms with Crippen LogP contribution >= 0.6 is 11.6 Å². The minimum atomic E-state index is 0.378. The average Bonchev–Trinajstić information content (AvgIpc) is 3.17. The van der Waals surface area contributed by atoms with Crippen LogP contribution < -0.4 is 0 Å². The topological polar surface area (TPSA) is 44.8 Å². The minimum absolute atomic E-state index is 0.378. The van der Waals surface area contributed by atoms with Gasteiger partial charge in [0.25, 0.3) is 0 Å². The molecule has 2 aromatic carbocycles. The molecule has 1 saturated heterocycles. The Morgan fingerprint density at radius 2 is 1.93 bits per heavy atom. The van der Waals surface area contributed by atoms with Crippen LogP contribution in [-0.4, -0.2) is 32.9 Å². The van der Waals surface area contributed by atoms with E-state index in [0.29, 0.717) is 5.92 Å². The molecule has 0 unspecified atom stereocenters. The highest BCUT2D eigenvalue weighted by Gasteiger charge is 2.26. The van der Waals surface area contributed by atoms with E-state index in [1.54, 1.807) is 6.33 Å². The zero-order valence-electron chi connectivity index (χ0n) is 16.2. The van der Waals surface area contributed by atoms with Crippen molar-refractivity contribution in [2.45, 2.75) is 25.3 Å². The Labute approximate surface area is 175 Å². The van der Waals surface area contributed by atoms with Crippen molar-refractivity contribution in [3.63, 3.8) is 0 Å². The third-order valence-corrected chi connectivity index (χ3v) is 6.20. The first-order valence-corrected chi connectivity index (χ1v) is 10.5. The maximum Gasteiger partial charge on any atom is 0.115 e. The molecule has 0 spiro atoms. The van der Waals surface area contributed by atoms with Gasteiger partial charge in [0.05, 0.1) is 5.69 Å². The zero-order chi connectivity index (χ0) is 19.6. The summed E-state index contributed by atoms with van der Waals surface area (Å²) in [6, 6.07) is 16.5.